The van der Waals surface area contributed by atoms with E-state index in [2.05, 4.69) is 16.5 Å². The molecule has 1 aromatic rings. The average Bonchev–Trinajstić information content (AvgIpc) is 2.42. The minimum absolute atomic E-state index is 0.202. The van der Waals surface area contributed by atoms with Gasteiger partial charge in [-0.05, 0) is 25.0 Å². The number of sulfonamides is 1. The fourth-order valence-corrected chi connectivity index (χ4v) is 2.85. The van der Waals surface area contributed by atoms with E-state index in [9.17, 15) is 8.42 Å². The summed E-state index contributed by atoms with van der Waals surface area (Å²) in [4.78, 5) is 2.27. The van der Waals surface area contributed by atoms with Gasteiger partial charge in [-0.15, -0.1) is 0 Å². The van der Waals surface area contributed by atoms with Crippen LogP contribution in [0, 0.1) is 0 Å². The topological polar surface area (TPSA) is 58.6 Å². The third-order valence-corrected chi connectivity index (χ3v) is 4.08. The van der Waals surface area contributed by atoms with E-state index >= 15 is 0 Å². The second-order valence-electron chi connectivity index (χ2n) is 5.08. The molecular weight excluding hydrogens is 276 g/mol. The van der Waals surface area contributed by atoms with Crippen molar-refractivity contribution in [2.75, 3.05) is 30.8 Å². The van der Waals surface area contributed by atoms with Crippen molar-refractivity contribution in [1.82, 2.24) is 4.72 Å². The summed E-state index contributed by atoms with van der Waals surface area (Å²) < 4.78 is 30.5. The summed E-state index contributed by atoms with van der Waals surface area (Å²) in [5.41, 5.74) is 1.09. The molecule has 0 fully saturated rings. The number of hydrogen-bond acceptors (Lipinski definition) is 4. The quantitative estimate of drug-likeness (QED) is 0.811. The zero-order valence-corrected chi connectivity index (χ0v) is 12.8. The van der Waals surface area contributed by atoms with Crippen LogP contribution in [0.3, 0.4) is 0 Å². The standard InChI is InChI=1S/C14H22N2O3S/c1-3-12-11-16(10-6-9-15-20(2,17)18)13-7-4-5-8-14(13)19-12/h4-5,7-8,12,15H,3,6,9-11H2,1-2H3/t12-/m1/s1. The molecule has 0 saturated carbocycles. The van der Waals surface area contributed by atoms with Gasteiger partial charge in [-0.1, -0.05) is 19.1 Å². The lowest BCUT2D eigenvalue weighted by atomic mass is 10.1. The van der Waals surface area contributed by atoms with Crippen molar-refractivity contribution in [3.8, 4) is 5.75 Å². The number of para-hydroxylation sites is 2. The highest BCUT2D eigenvalue weighted by Crippen LogP contribution is 2.33. The van der Waals surface area contributed by atoms with Crippen molar-refractivity contribution in [1.29, 1.82) is 0 Å². The van der Waals surface area contributed by atoms with Crippen LogP contribution in [0.15, 0.2) is 24.3 Å². The summed E-state index contributed by atoms with van der Waals surface area (Å²) >= 11 is 0. The molecule has 0 bridgehead atoms. The first kappa shape index (κ1) is 15.1. The summed E-state index contributed by atoms with van der Waals surface area (Å²) in [7, 11) is -3.10. The molecule has 0 amide bonds. The van der Waals surface area contributed by atoms with Gasteiger partial charge in [0.05, 0.1) is 18.5 Å². The third-order valence-electron chi connectivity index (χ3n) is 3.35. The predicted molar refractivity (Wildman–Crippen MR) is 80.8 cm³/mol. The van der Waals surface area contributed by atoms with E-state index in [0.717, 1.165) is 37.4 Å². The maximum absolute atomic E-state index is 11.0. The van der Waals surface area contributed by atoms with Crippen LogP contribution in [0.4, 0.5) is 5.69 Å². The van der Waals surface area contributed by atoms with Crippen LogP contribution in [0.5, 0.6) is 5.75 Å². The maximum Gasteiger partial charge on any atom is 0.208 e. The van der Waals surface area contributed by atoms with Gasteiger partial charge in [0.2, 0.25) is 10.0 Å². The van der Waals surface area contributed by atoms with Crippen molar-refractivity contribution in [3.05, 3.63) is 24.3 Å². The Balaban J connectivity index is 1.96. The number of hydrogen-bond donors (Lipinski definition) is 1. The van der Waals surface area contributed by atoms with Gasteiger partial charge >= 0.3 is 0 Å². The molecule has 0 aliphatic carbocycles. The molecule has 1 N–H and O–H groups in total. The molecule has 1 aliphatic rings. The molecule has 0 unspecified atom stereocenters. The van der Waals surface area contributed by atoms with Gasteiger partial charge in [0.15, 0.2) is 0 Å². The smallest absolute Gasteiger partial charge is 0.208 e. The van der Waals surface area contributed by atoms with Gasteiger partial charge in [-0.25, -0.2) is 13.1 Å². The highest BCUT2D eigenvalue weighted by molar-refractivity contribution is 7.88. The number of benzene rings is 1. The van der Waals surface area contributed by atoms with Crippen LogP contribution in [0.25, 0.3) is 0 Å². The first-order chi connectivity index (χ1) is 9.49. The molecule has 1 aliphatic heterocycles. The summed E-state index contributed by atoms with van der Waals surface area (Å²) in [6, 6.07) is 8.00. The van der Waals surface area contributed by atoms with E-state index in [0.29, 0.717) is 6.54 Å². The number of rotatable bonds is 6. The lowest BCUT2D eigenvalue weighted by molar-refractivity contribution is 0.189. The number of nitrogens with one attached hydrogen (secondary N) is 1. The van der Waals surface area contributed by atoms with Crippen LogP contribution in [-0.4, -0.2) is 40.4 Å². The van der Waals surface area contributed by atoms with Gasteiger partial charge in [-0.2, -0.15) is 0 Å². The van der Waals surface area contributed by atoms with Crippen LogP contribution in [-0.2, 0) is 10.0 Å². The predicted octanol–water partition coefficient (Wildman–Crippen LogP) is 1.60. The molecule has 1 atom stereocenters. The van der Waals surface area contributed by atoms with Crippen LogP contribution in [0.2, 0.25) is 0 Å². The summed E-state index contributed by atoms with van der Waals surface area (Å²) in [5.74, 6) is 0.918. The lowest BCUT2D eigenvalue weighted by Crippen LogP contribution is -2.41. The van der Waals surface area contributed by atoms with Crippen molar-refractivity contribution < 1.29 is 13.2 Å². The highest BCUT2D eigenvalue weighted by atomic mass is 32.2. The van der Waals surface area contributed by atoms with E-state index in [1.54, 1.807) is 0 Å². The van der Waals surface area contributed by atoms with Crippen molar-refractivity contribution in [3.63, 3.8) is 0 Å². The maximum atomic E-state index is 11.0. The second-order valence-corrected chi connectivity index (χ2v) is 6.91. The number of fused-ring (bicyclic) bond motifs is 1. The number of ether oxygens (including phenoxy) is 1. The Morgan fingerprint density at radius 1 is 1.40 bits per heavy atom. The Labute approximate surface area is 121 Å². The second kappa shape index (κ2) is 6.45. The summed E-state index contributed by atoms with van der Waals surface area (Å²) in [6.07, 6.45) is 3.13. The molecule has 0 saturated heterocycles. The molecule has 1 aromatic carbocycles. The number of anilines is 1. The lowest BCUT2D eigenvalue weighted by Gasteiger charge is -2.36. The molecular formula is C14H22N2O3S. The molecule has 1 heterocycles. The molecule has 2 rings (SSSR count). The van der Waals surface area contributed by atoms with E-state index < -0.39 is 10.0 Å². The zero-order chi connectivity index (χ0) is 14.6. The largest absolute Gasteiger partial charge is 0.486 e. The van der Waals surface area contributed by atoms with Crippen LogP contribution >= 0.6 is 0 Å². The van der Waals surface area contributed by atoms with Crippen LogP contribution in [0.1, 0.15) is 19.8 Å². The van der Waals surface area contributed by atoms with Gasteiger partial charge in [-0.3, -0.25) is 0 Å². The van der Waals surface area contributed by atoms with Crippen molar-refractivity contribution in [2.45, 2.75) is 25.9 Å². The normalized spacial score (nSPS) is 18.5. The minimum Gasteiger partial charge on any atom is -0.486 e. The van der Waals surface area contributed by atoms with E-state index in [1.807, 2.05) is 24.3 Å². The Hall–Kier alpha value is -1.27. The fourth-order valence-electron chi connectivity index (χ4n) is 2.33. The van der Waals surface area contributed by atoms with Gasteiger partial charge in [0.1, 0.15) is 11.9 Å². The average molecular weight is 298 g/mol. The SMILES string of the molecule is CC[C@@H]1CN(CCCNS(C)(=O)=O)c2ccccc2O1. The van der Waals surface area contributed by atoms with Gasteiger partial charge in [0, 0.05) is 13.1 Å². The van der Waals surface area contributed by atoms with Gasteiger partial charge < -0.3 is 9.64 Å². The molecule has 112 valence electrons. The highest BCUT2D eigenvalue weighted by Gasteiger charge is 2.23. The van der Waals surface area contributed by atoms with E-state index in [-0.39, 0.29) is 6.10 Å². The molecule has 20 heavy (non-hydrogen) atoms. The van der Waals surface area contributed by atoms with Gasteiger partial charge in [0.25, 0.3) is 0 Å². The molecule has 5 nitrogen and oxygen atoms in total. The Morgan fingerprint density at radius 3 is 2.85 bits per heavy atom. The summed E-state index contributed by atoms with van der Waals surface area (Å²) in [5, 5.41) is 0. The molecule has 0 spiro atoms. The fraction of sp³-hybridized carbons (Fsp3) is 0.571. The van der Waals surface area contributed by atoms with E-state index in [4.69, 9.17) is 4.74 Å². The van der Waals surface area contributed by atoms with Crippen molar-refractivity contribution in [2.24, 2.45) is 0 Å². The minimum atomic E-state index is -3.10. The Bertz CT molecular complexity index is 545. The Kier molecular flexibility index (Phi) is 4.88. The summed E-state index contributed by atoms with van der Waals surface area (Å²) in [6.45, 7) is 4.25. The molecule has 6 heteroatoms. The Morgan fingerprint density at radius 2 is 2.15 bits per heavy atom. The van der Waals surface area contributed by atoms with Crippen molar-refractivity contribution >= 4 is 15.7 Å². The van der Waals surface area contributed by atoms with E-state index in [1.165, 1.54) is 6.26 Å². The van der Waals surface area contributed by atoms with Crippen LogP contribution < -0.4 is 14.4 Å². The molecule has 0 radical (unpaired) electrons. The molecule has 0 aromatic heterocycles. The first-order valence-electron chi connectivity index (χ1n) is 6.95. The third kappa shape index (κ3) is 4.11. The first-order valence-corrected chi connectivity index (χ1v) is 8.84. The number of nitrogens with zero attached hydrogens (tertiary/aromatic N) is 1. The monoisotopic (exact) mass is 298 g/mol. The zero-order valence-electron chi connectivity index (χ0n) is 12.0.